The van der Waals surface area contributed by atoms with Crippen LogP contribution in [0.5, 0.6) is 0 Å². The van der Waals surface area contributed by atoms with E-state index in [0.29, 0.717) is 19.6 Å². The third kappa shape index (κ3) is 5.59. The van der Waals surface area contributed by atoms with E-state index < -0.39 is 0 Å². The van der Waals surface area contributed by atoms with Crippen molar-refractivity contribution in [2.24, 2.45) is 5.92 Å². The highest BCUT2D eigenvalue weighted by Gasteiger charge is 2.29. The van der Waals surface area contributed by atoms with E-state index in [9.17, 15) is 9.59 Å². The number of amides is 1. The number of carbonyl (C=O) groups is 2. The molecule has 1 rings (SSSR count). The van der Waals surface area contributed by atoms with Crippen molar-refractivity contribution in [3.63, 3.8) is 0 Å². The lowest BCUT2D eigenvalue weighted by atomic mass is 9.91. The van der Waals surface area contributed by atoms with Gasteiger partial charge in [0.15, 0.2) is 0 Å². The molecule has 1 fully saturated rings. The van der Waals surface area contributed by atoms with E-state index >= 15 is 0 Å². The normalized spacial score (nSPS) is 23.2. The molecule has 1 aliphatic heterocycles. The van der Waals surface area contributed by atoms with Crippen molar-refractivity contribution in [3.05, 3.63) is 0 Å². The predicted molar refractivity (Wildman–Crippen MR) is 73.7 cm³/mol. The highest BCUT2D eigenvalue weighted by molar-refractivity contribution is 5.74. The Kier molecular flexibility index (Phi) is 6.84. The zero-order valence-electron chi connectivity index (χ0n) is 12.3. The SMILES string of the molecule is CCCNC1CC(CC(=O)OCC)CN(C(C)=O)C1. The number of esters is 1. The molecular formula is C14H26N2O3. The summed E-state index contributed by atoms with van der Waals surface area (Å²) in [7, 11) is 0. The summed E-state index contributed by atoms with van der Waals surface area (Å²) in [5, 5.41) is 3.45. The number of hydrogen-bond donors (Lipinski definition) is 1. The quantitative estimate of drug-likeness (QED) is 0.736. The van der Waals surface area contributed by atoms with Gasteiger partial charge < -0.3 is 15.0 Å². The van der Waals surface area contributed by atoms with Crippen LogP contribution in [0.1, 0.15) is 40.0 Å². The van der Waals surface area contributed by atoms with Gasteiger partial charge in [-0.1, -0.05) is 6.92 Å². The Morgan fingerprint density at radius 1 is 1.32 bits per heavy atom. The van der Waals surface area contributed by atoms with Gasteiger partial charge in [-0.2, -0.15) is 0 Å². The second-order valence-corrected chi connectivity index (χ2v) is 5.19. The number of piperidine rings is 1. The average Bonchev–Trinajstić information content (AvgIpc) is 2.36. The van der Waals surface area contributed by atoms with Crippen LogP contribution in [-0.4, -0.2) is 49.1 Å². The van der Waals surface area contributed by atoms with E-state index in [4.69, 9.17) is 4.74 Å². The maximum absolute atomic E-state index is 11.6. The van der Waals surface area contributed by atoms with Crippen LogP contribution in [-0.2, 0) is 14.3 Å². The van der Waals surface area contributed by atoms with Gasteiger partial charge in [-0.15, -0.1) is 0 Å². The smallest absolute Gasteiger partial charge is 0.306 e. The highest BCUT2D eigenvalue weighted by Crippen LogP contribution is 2.21. The Morgan fingerprint density at radius 2 is 2.05 bits per heavy atom. The Balaban J connectivity index is 2.54. The predicted octanol–water partition coefficient (Wildman–Crippen LogP) is 1.18. The van der Waals surface area contributed by atoms with E-state index in [0.717, 1.165) is 25.9 Å². The molecule has 0 aliphatic carbocycles. The van der Waals surface area contributed by atoms with Crippen LogP contribution < -0.4 is 5.32 Å². The summed E-state index contributed by atoms with van der Waals surface area (Å²) < 4.78 is 4.99. The molecule has 1 aliphatic rings. The molecule has 1 amide bonds. The van der Waals surface area contributed by atoms with E-state index in [1.807, 2.05) is 11.8 Å². The maximum Gasteiger partial charge on any atom is 0.306 e. The lowest BCUT2D eigenvalue weighted by Gasteiger charge is -2.37. The number of nitrogens with zero attached hydrogens (tertiary/aromatic N) is 1. The molecule has 5 nitrogen and oxygen atoms in total. The summed E-state index contributed by atoms with van der Waals surface area (Å²) in [6, 6.07) is 0.289. The standard InChI is InChI=1S/C14H26N2O3/c1-4-6-15-13-7-12(8-14(18)19-5-2)9-16(10-13)11(3)17/h12-13,15H,4-10H2,1-3H3. The number of nitrogens with one attached hydrogen (secondary N) is 1. The number of carbonyl (C=O) groups excluding carboxylic acids is 2. The minimum atomic E-state index is -0.160. The molecule has 19 heavy (non-hydrogen) atoms. The fraction of sp³-hybridized carbons (Fsp3) is 0.857. The van der Waals surface area contributed by atoms with Gasteiger partial charge in [0.05, 0.1) is 13.0 Å². The summed E-state index contributed by atoms with van der Waals surface area (Å²) in [6.07, 6.45) is 2.41. The summed E-state index contributed by atoms with van der Waals surface area (Å²) >= 11 is 0. The van der Waals surface area contributed by atoms with Crippen LogP contribution in [0.15, 0.2) is 0 Å². The second kappa shape index (κ2) is 8.15. The molecule has 5 heteroatoms. The molecule has 0 bridgehead atoms. The summed E-state index contributed by atoms with van der Waals surface area (Å²) in [5.41, 5.74) is 0. The Bertz CT molecular complexity index is 307. The topological polar surface area (TPSA) is 58.6 Å². The van der Waals surface area contributed by atoms with Gasteiger partial charge in [0, 0.05) is 26.1 Å². The lowest BCUT2D eigenvalue weighted by molar-refractivity contribution is -0.145. The largest absolute Gasteiger partial charge is 0.466 e. The van der Waals surface area contributed by atoms with Crippen molar-refractivity contribution in [2.45, 2.75) is 46.1 Å². The number of likely N-dealkylation sites (tertiary alicyclic amines) is 1. The molecule has 0 spiro atoms. The van der Waals surface area contributed by atoms with Crippen LogP contribution >= 0.6 is 0 Å². The average molecular weight is 270 g/mol. The molecule has 0 radical (unpaired) electrons. The first-order chi connectivity index (χ1) is 9.06. The zero-order valence-corrected chi connectivity index (χ0v) is 12.3. The molecule has 0 aromatic carbocycles. The minimum absolute atomic E-state index is 0.0804. The van der Waals surface area contributed by atoms with Crippen LogP contribution in [0.3, 0.4) is 0 Å². The van der Waals surface area contributed by atoms with E-state index in [2.05, 4.69) is 12.2 Å². The van der Waals surface area contributed by atoms with Gasteiger partial charge in [0.25, 0.3) is 0 Å². The van der Waals surface area contributed by atoms with Gasteiger partial charge in [-0.05, 0) is 32.2 Å². The third-order valence-electron chi connectivity index (χ3n) is 3.43. The summed E-state index contributed by atoms with van der Waals surface area (Å²) in [6.45, 7) is 8.29. The number of ether oxygens (including phenoxy) is 1. The van der Waals surface area contributed by atoms with E-state index in [-0.39, 0.29) is 23.8 Å². The molecule has 1 saturated heterocycles. The van der Waals surface area contributed by atoms with Crippen molar-refractivity contribution in [1.82, 2.24) is 10.2 Å². The van der Waals surface area contributed by atoms with E-state index in [1.165, 1.54) is 0 Å². The van der Waals surface area contributed by atoms with Crippen LogP contribution in [0.4, 0.5) is 0 Å². The minimum Gasteiger partial charge on any atom is -0.466 e. The molecule has 0 saturated carbocycles. The molecular weight excluding hydrogens is 244 g/mol. The van der Waals surface area contributed by atoms with Crippen molar-refractivity contribution in [3.8, 4) is 0 Å². The molecule has 1 N–H and O–H groups in total. The van der Waals surface area contributed by atoms with Gasteiger partial charge in [-0.3, -0.25) is 9.59 Å². The maximum atomic E-state index is 11.6. The van der Waals surface area contributed by atoms with E-state index in [1.54, 1.807) is 6.92 Å². The first-order valence-corrected chi connectivity index (χ1v) is 7.21. The first kappa shape index (κ1) is 16.0. The molecule has 2 atom stereocenters. The Labute approximate surface area is 115 Å². The van der Waals surface area contributed by atoms with Crippen molar-refractivity contribution < 1.29 is 14.3 Å². The van der Waals surface area contributed by atoms with Gasteiger partial charge >= 0.3 is 5.97 Å². The van der Waals surface area contributed by atoms with Crippen molar-refractivity contribution >= 4 is 11.9 Å². The zero-order chi connectivity index (χ0) is 14.3. The first-order valence-electron chi connectivity index (χ1n) is 7.21. The number of hydrogen-bond acceptors (Lipinski definition) is 4. The van der Waals surface area contributed by atoms with Crippen LogP contribution in [0.25, 0.3) is 0 Å². The summed E-state index contributed by atoms with van der Waals surface area (Å²) in [4.78, 5) is 25.0. The molecule has 2 unspecified atom stereocenters. The van der Waals surface area contributed by atoms with Crippen LogP contribution in [0, 0.1) is 5.92 Å². The number of rotatable bonds is 6. The molecule has 0 aromatic rings. The Hall–Kier alpha value is -1.10. The van der Waals surface area contributed by atoms with Gasteiger partial charge in [0.2, 0.25) is 5.91 Å². The lowest BCUT2D eigenvalue weighted by Crippen LogP contribution is -2.51. The molecule has 110 valence electrons. The fourth-order valence-corrected chi connectivity index (χ4v) is 2.56. The van der Waals surface area contributed by atoms with Gasteiger partial charge in [0.1, 0.15) is 0 Å². The monoisotopic (exact) mass is 270 g/mol. The molecule has 1 heterocycles. The van der Waals surface area contributed by atoms with Crippen molar-refractivity contribution in [2.75, 3.05) is 26.2 Å². The van der Waals surface area contributed by atoms with Gasteiger partial charge in [-0.25, -0.2) is 0 Å². The third-order valence-corrected chi connectivity index (χ3v) is 3.43. The highest BCUT2D eigenvalue weighted by atomic mass is 16.5. The molecule has 0 aromatic heterocycles. The fourth-order valence-electron chi connectivity index (χ4n) is 2.56. The Morgan fingerprint density at radius 3 is 2.63 bits per heavy atom. The summed E-state index contributed by atoms with van der Waals surface area (Å²) in [5.74, 6) is 0.120. The second-order valence-electron chi connectivity index (χ2n) is 5.19. The van der Waals surface area contributed by atoms with Crippen molar-refractivity contribution in [1.29, 1.82) is 0 Å². The van der Waals surface area contributed by atoms with Crippen LogP contribution in [0.2, 0.25) is 0 Å².